The predicted octanol–water partition coefficient (Wildman–Crippen LogP) is 4.33. The van der Waals surface area contributed by atoms with Gasteiger partial charge in [-0.3, -0.25) is 4.79 Å². The first-order valence-corrected chi connectivity index (χ1v) is 7.96. The van der Waals surface area contributed by atoms with E-state index in [0.29, 0.717) is 10.6 Å². The van der Waals surface area contributed by atoms with Gasteiger partial charge in [-0.15, -0.1) is 11.3 Å². The van der Waals surface area contributed by atoms with Crippen LogP contribution < -0.4 is 5.32 Å². The Hall–Kier alpha value is -1.66. The van der Waals surface area contributed by atoms with Crippen molar-refractivity contribution in [1.82, 2.24) is 0 Å². The van der Waals surface area contributed by atoms with Crippen LogP contribution in [-0.4, -0.2) is 17.0 Å². The molecule has 0 aliphatic heterocycles. The van der Waals surface area contributed by atoms with E-state index < -0.39 is 5.97 Å². The Kier molecular flexibility index (Phi) is 4.80. The smallest absolute Gasteiger partial charge is 0.338 e. The second-order valence-electron chi connectivity index (χ2n) is 4.53. The minimum Gasteiger partial charge on any atom is -0.478 e. The van der Waals surface area contributed by atoms with Crippen LogP contribution >= 0.6 is 27.3 Å². The number of carboxylic acid groups (broad SMARTS) is 1. The van der Waals surface area contributed by atoms with Crippen LogP contribution in [0.1, 0.15) is 38.1 Å². The van der Waals surface area contributed by atoms with Crippen molar-refractivity contribution in [3.05, 3.63) is 50.3 Å². The van der Waals surface area contributed by atoms with Gasteiger partial charge >= 0.3 is 5.97 Å². The fourth-order valence-electron chi connectivity index (χ4n) is 1.83. The van der Waals surface area contributed by atoms with Crippen molar-refractivity contribution in [3.8, 4) is 0 Å². The third-order valence-electron chi connectivity index (χ3n) is 3.01. The first-order valence-electron chi connectivity index (χ1n) is 6.36. The van der Waals surface area contributed by atoms with Crippen molar-refractivity contribution in [2.75, 3.05) is 5.32 Å². The topological polar surface area (TPSA) is 66.4 Å². The molecule has 0 radical (unpaired) electrons. The van der Waals surface area contributed by atoms with Gasteiger partial charge in [0.15, 0.2) is 0 Å². The number of aryl methyl sites for hydroxylation is 2. The lowest BCUT2D eigenvalue weighted by Gasteiger charge is -2.06. The molecule has 2 aromatic rings. The van der Waals surface area contributed by atoms with Crippen LogP contribution in [0.2, 0.25) is 0 Å². The van der Waals surface area contributed by atoms with Gasteiger partial charge < -0.3 is 10.4 Å². The molecule has 0 bridgehead atoms. The van der Waals surface area contributed by atoms with Gasteiger partial charge in [-0.05, 0) is 43.2 Å². The molecule has 0 aliphatic rings. The van der Waals surface area contributed by atoms with Crippen LogP contribution in [0.15, 0.2) is 28.7 Å². The molecule has 6 heteroatoms. The van der Waals surface area contributed by atoms with Crippen LogP contribution in [-0.2, 0) is 6.42 Å². The molecule has 2 N–H and O–H groups in total. The maximum atomic E-state index is 12.2. The average Bonchev–Trinajstić information content (AvgIpc) is 2.85. The monoisotopic (exact) mass is 367 g/mol. The summed E-state index contributed by atoms with van der Waals surface area (Å²) in [5, 5.41) is 12.3. The molecule has 0 spiro atoms. The maximum absolute atomic E-state index is 12.2. The fourth-order valence-corrected chi connectivity index (χ4v) is 3.06. The normalized spacial score (nSPS) is 10.4. The molecule has 21 heavy (non-hydrogen) atoms. The molecule has 0 fully saturated rings. The number of anilines is 1. The zero-order valence-electron chi connectivity index (χ0n) is 11.6. The van der Waals surface area contributed by atoms with Gasteiger partial charge in [-0.2, -0.15) is 0 Å². The van der Waals surface area contributed by atoms with Crippen LogP contribution in [0.4, 0.5) is 5.00 Å². The molecule has 0 saturated heterocycles. The summed E-state index contributed by atoms with van der Waals surface area (Å²) in [4.78, 5) is 24.4. The summed E-state index contributed by atoms with van der Waals surface area (Å²) in [5.41, 5.74) is 1.58. The molecule has 2 rings (SSSR count). The van der Waals surface area contributed by atoms with E-state index in [-0.39, 0.29) is 11.5 Å². The Bertz CT molecular complexity index is 709. The molecular formula is C15H14BrNO3S. The molecule has 0 saturated carbocycles. The SMILES string of the molecule is CCc1cc(C(=O)O)c(NC(=O)c2ccc(Br)c(C)c2)s1. The number of carbonyl (C=O) groups excluding carboxylic acids is 1. The lowest BCUT2D eigenvalue weighted by Crippen LogP contribution is -2.13. The number of rotatable bonds is 4. The summed E-state index contributed by atoms with van der Waals surface area (Å²) in [7, 11) is 0. The number of aromatic carboxylic acids is 1. The number of hydrogen-bond donors (Lipinski definition) is 2. The average molecular weight is 368 g/mol. The summed E-state index contributed by atoms with van der Waals surface area (Å²) in [6, 6.07) is 6.86. The number of carboxylic acids is 1. The predicted molar refractivity (Wildman–Crippen MR) is 87.5 cm³/mol. The molecule has 1 aromatic heterocycles. The summed E-state index contributed by atoms with van der Waals surface area (Å²) in [6.45, 7) is 3.84. The summed E-state index contributed by atoms with van der Waals surface area (Å²) in [5.74, 6) is -1.34. The van der Waals surface area contributed by atoms with E-state index in [4.69, 9.17) is 0 Å². The van der Waals surface area contributed by atoms with Crippen molar-refractivity contribution < 1.29 is 14.7 Å². The Balaban J connectivity index is 2.28. The van der Waals surface area contributed by atoms with E-state index in [1.54, 1.807) is 24.3 Å². The molecule has 1 amide bonds. The quantitative estimate of drug-likeness (QED) is 0.844. The molecule has 1 heterocycles. The highest BCUT2D eigenvalue weighted by molar-refractivity contribution is 9.10. The third kappa shape index (κ3) is 3.51. The number of hydrogen-bond acceptors (Lipinski definition) is 3. The van der Waals surface area contributed by atoms with Crippen molar-refractivity contribution in [2.24, 2.45) is 0 Å². The van der Waals surface area contributed by atoms with Gasteiger partial charge in [0.1, 0.15) is 5.00 Å². The van der Waals surface area contributed by atoms with Gasteiger partial charge in [0.2, 0.25) is 0 Å². The Morgan fingerprint density at radius 2 is 2.05 bits per heavy atom. The second kappa shape index (κ2) is 6.41. The highest BCUT2D eigenvalue weighted by Gasteiger charge is 2.17. The van der Waals surface area contributed by atoms with Crippen LogP contribution in [0.5, 0.6) is 0 Å². The van der Waals surface area contributed by atoms with E-state index in [1.165, 1.54) is 11.3 Å². The minimum absolute atomic E-state index is 0.138. The number of benzene rings is 1. The van der Waals surface area contributed by atoms with Crippen LogP contribution in [0.25, 0.3) is 0 Å². The zero-order chi connectivity index (χ0) is 15.6. The van der Waals surface area contributed by atoms with E-state index in [9.17, 15) is 14.7 Å². The van der Waals surface area contributed by atoms with Crippen LogP contribution in [0.3, 0.4) is 0 Å². The van der Waals surface area contributed by atoms with E-state index in [1.807, 2.05) is 13.8 Å². The standard InChI is InChI=1S/C15H14BrNO3S/c1-3-10-7-11(15(19)20)14(21-10)17-13(18)9-4-5-12(16)8(2)6-9/h4-7H,3H2,1-2H3,(H,17,18)(H,19,20). The lowest BCUT2D eigenvalue weighted by molar-refractivity contribution is 0.0698. The number of thiophene rings is 1. The first kappa shape index (κ1) is 15.7. The highest BCUT2D eigenvalue weighted by Crippen LogP contribution is 2.29. The molecule has 4 nitrogen and oxygen atoms in total. The Labute approximate surface area is 134 Å². The minimum atomic E-state index is -1.03. The van der Waals surface area contributed by atoms with E-state index >= 15 is 0 Å². The van der Waals surface area contributed by atoms with Gasteiger partial charge in [0.05, 0.1) is 5.56 Å². The fraction of sp³-hybridized carbons (Fsp3) is 0.200. The summed E-state index contributed by atoms with van der Waals surface area (Å²) in [6.07, 6.45) is 0.734. The third-order valence-corrected chi connectivity index (χ3v) is 5.09. The lowest BCUT2D eigenvalue weighted by atomic mass is 10.1. The number of halogens is 1. The zero-order valence-corrected chi connectivity index (χ0v) is 14.0. The Morgan fingerprint density at radius 3 is 2.62 bits per heavy atom. The number of amides is 1. The van der Waals surface area contributed by atoms with Crippen molar-refractivity contribution in [2.45, 2.75) is 20.3 Å². The van der Waals surface area contributed by atoms with Gasteiger partial charge in [0, 0.05) is 14.9 Å². The van der Waals surface area contributed by atoms with Gasteiger partial charge in [-0.1, -0.05) is 22.9 Å². The summed E-state index contributed by atoms with van der Waals surface area (Å²) >= 11 is 4.68. The molecular weight excluding hydrogens is 354 g/mol. The van der Waals surface area contributed by atoms with Crippen molar-refractivity contribution in [1.29, 1.82) is 0 Å². The highest BCUT2D eigenvalue weighted by atomic mass is 79.9. The maximum Gasteiger partial charge on any atom is 0.338 e. The number of carbonyl (C=O) groups is 2. The van der Waals surface area contributed by atoms with E-state index in [2.05, 4.69) is 21.2 Å². The molecule has 110 valence electrons. The van der Waals surface area contributed by atoms with Gasteiger partial charge in [-0.25, -0.2) is 4.79 Å². The second-order valence-corrected chi connectivity index (χ2v) is 6.52. The van der Waals surface area contributed by atoms with Crippen molar-refractivity contribution >= 4 is 44.1 Å². The molecule has 0 atom stereocenters. The summed E-state index contributed by atoms with van der Waals surface area (Å²) < 4.78 is 0.926. The largest absolute Gasteiger partial charge is 0.478 e. The van der Waals surface area contributed by atoms with Crippen LogP contribution in [0, 0.1) is 6.92 Å². The Morgan fingerprint density at radius 1 is 1.33 bits per heavy atom. The molecule has 1 aromatic carbocycles. The molecule has 0 aliphatic carbocycles. The molecule has 0 unspecified atom stereocenters. The van der Waals surface area contributed by atoms with Crippen molar-refractivity contribution in [3.63, 3.8) is 0 Å². The van der Waals surface area contributed by atoms with E-state index in [0.717, 1.165) is 21.3 Å². The van der Waals surface area contributed by atoms with Gasteiger partial charge in [0.25, 0.3) is 5.91 Å². The number of nitrogens with one attached hydrogen (secondary N) is 1. The first-order chi connectivity index (χ1) is 9.92.